The fourth-order valence-corrected chi connectivity index (χ4v) is 5.29. The van der Waals surface area contributed by atoms with Crippen molar-refractivity contribution >= 4 is 17.5 Å². The van der Waals surface area contributed by atoms with Crippen LogP contribution in [0.25, 0.3) is 16.9 Å². The Hall–Kier alpha value is -4.31. The zero-order chi connectivity index (χ0) is 30.3. The number of aryl methyl sites for hydroxylation is 2. The number of aromatic nitrogens is 3. The first-order valence-electron chi connectivity index (χ1n) is 13.9. The van der Waals surface area contributed by atoms with Crippen LogP contribution < -0.4 is 10.1 Å². The summed E-state index contributed by atoms with van der Waals surface area (Å²) < 4.78 is 28.6. The Morgan fingerprint density at radius 3 is 2.55 bits per heavy atom. The molecule has 0 spiro atoms. The molecule has 2 aromatic carbocycles. The molecule has 9 nitrogen and oxygen atoms in total. The van der Waals surface area contributed by atoms with Gasteiger partial charge in [0.05, 0.1) is 17.9 Å². The van der Waals surface area contributed by atoms with E-state index in [0.29, 0.717) is 42.2 Å². The summed E-state index contributed by atoms with van der Waals surface area (Å²) >= 11 is 0. The molecule has 10 heteroatoms. The van der Waals surface area contributed by atoms with Gasteiger partial charge in [0.15, 0.2) is 29.0 Å². The van der Waals surface area contributed by atoms with Gasteiger partial charge in [-0.15, -0.1) is 0 Å². The van der Waals surface area contributed by atoms with Gasteiger partial charge in [-0.2, -0.15) is 5.10 Å². The van der Waals surface area contributed by atoms with E-state index in [1.165, 1.54) is 10.6 Å². The Kier molecular flexibility index (Phi) is 7.76. The van der Waals surface area contributed by atoms with Crippen LogP contribution in [0.4, 0.5) is 4.39 Å². The number of carboxylic acids is 1. The van der Waals surface area contributed by atoms with Gasteiger partial charge in [0.2, 0.25) is 0 Å². The van der Waals surface area contributed by atoms with Crippen LogP contribution in [-0.4, -0.2) is 43.8 Å². The Morgan fingerprint density at radius 1 is 1.17 bits per heavy atom. The SMILES string of the molecule is Cc1ccc(CNC(=O)c2cc3nc(C)c([C@H](OC(C)(C)C)C(=O)O)c(-c4cc(F)c5c(c4C)CCCO5)n3n2)cc1. The lowest BCUT2D eigenvalue weighted by Crippen LogP contribution is -2.29. The van der Waals surface area contributed by atoms with E-state index in [1.54, 1.807) is 33.8 Å². The van der Waals surface area contributed by atoms with Gasteiger partial charge in [-0.05, 0) is 71.6 Å². The minimum atomic E-state index is -1.44. The summed E-state index contributed by atoms with van der Waals surface area (Å²) in [4.78, 5) is 30.5. The number of aliphatic carboxylic acids is 1. The van der Waals surface area contributed by atoms with E-state index in [1.807, 2.05) is 38.1 Å². The predicted molar refractivity (Wildman–Crippen MR) is 155 cm³/mol. The lowest BCUT2D eigenvalue weighted by molar-refractivity contribution is -0.160. The minimum Gasteiger partial charge on any atom is -0.490 e. The van der Waals surface area contributed by atoms with Crippen LogP contribution in [0.3, 0.4) is 0 Å². The van der Waals surface area contributed by atoms with Crippen molar-refractivity contribution in [3.05, 3.63) is 81.4 Å². The molecule has 0 saturated heterocycles. The van der Waals surface area contributed by atoms with Gasteiger partial charge in [0.1, 0.15) is 0 Å². The zero-order valence-corrected chi connectivity index (χ0v) is 24.7. The van der Waals surface area contributed by atoms with Gasteiger partial charge >= 0.3 is 5.97 Å². The number of hydrogen-bond donors (Lipinski definition) is 2. The van der Waals surface area contributed by atoms with Gasteiger partial charge in [-0.25, -0.2) is 18.7 Å². The molecule has 220 valence electrons. The lowest BCUT2D eigenvalue weighted by atomic mass is 9.91. The van der Waals surface area contributed by atoms with Crippen molar-refractivity contribution in [3.63, 3.8) is 0 Å². The van der Waals surface area contributed by atoms with E-state index in [0.717, 1.165) is 28.7 Å². The molecule has 2 aromatic heterocycles. The number of benzene rings is 2. The molecule has 3 heterocycles. The van der Waals surface area contributed by atoms with Crippen LogP contribution in [0.1, 0.15) is 77.3 Å². The number of hydrogen-bond acceptors (Lipinski definition) is 6. The molecule has 0 unspecified atom stereocenters. The van der Waals surface area contributed by atoms with E-state index in [4.69, 9.17) is 9.47 Å². The van der Waals surface area contributed by atoms with Gasteiger partial charge < -0.3 is 19.9 Å². The van der Waals surface area contributed by atoms with Crippen LogP contribution in [0.15, 0.2) is 36.4 Å². The highest BCUT2D eigenvalue weighted by molar-refractivity contribution is 5.93. The number of carboxylic acid groups (broad SMARTS) is 1. The summed E-state index contributed by atoms with van der Waals surface area (Å²) in [6.45, 7) is 11.5. The molecule has 1 amide bonds. The second kappa shape index (κ2) is 11.2. The number of carbonyl (C=O) groups excluding carboxylic acids is 1. The topological polar surface area (TPSA) is 115 Å². The average Bonchev–Trinajstić information content (AvgIpc) is 3.36. The number of nitrogens with one attached hydrogen (secondary N) is 1. The Bertz CT molecular complexity index is 1690. The number of nitrogens with zero attached hydrogens (tertiary/aromatic N) is 3. The number of rotatable bonds is 7. The smallest absolute Gasteiger partial charge is 0.337 e. The van der Waals surface area contributed by atoms with Gasteiger partial charge in [0.25, 0.3) is 5.91 Å². The molecule has 5 rings (SSSR count). The van der Waals surface area contributed by atoms with Crippen LogP contribution in [0.5, 0.6) is 5.75 Å². The molecule has 1 aliphatic heterocycles. The van der Waals surface area contributed by atoms with Crippen LogP contribution >= 0.6 is 0 Å². The van der Waals surface area contributed by atoms with Gasteiger partial charge in [0, 0.05) is 35.0 Å². The van der Waals surface area contributed by atoms with Crippen molar-refractivity contribution in [3.8, 4) is 17.0 Å². The summed E-state index contributed by atoms with van der Waals surface area (Å²) in [5, 5.41) is 17.8. The average molecular weight is 575 g/mol. The van der Waals surface area contributed by atoms with E-state index in [9.17, 15) is 14.7 Å². The van der Waals surface area contributed by atoms with Crippen LogP contribution in [0, 0.1) is 26.6 Å². The third kappa shape index (κ3) is 5.72. The van der Waals surface area contributed by atoms with E-state index >= 15 is 4.39 Å². The molecule has 0 bridgehead atoms. The minimum absolute atomic E-state index is 0.0930. The molecule has 0 fully saturated rings. The molecule has 0 radical (unpaired) electrons. The molecule has 1 aliphatic rings. The third-order valence-electron chi connectivity index (χ3n) is 7.29. The number of ether oxygens (including phenoxy) is 2. The number of halogens is 1. The molecular weight excluding hydrogens is 539 g/mol. The van der Waals surface area contributed by atoms with Crippen molar-refractivity contribution in [2.75, 3.05) is 6.61 Å². The monoisotopic (exact) mass is 574 g/mol. The van der Waals surface area contributed by atoms with Crippen LogP contribution in [0.2, 0.25) is 0 Å². The van der Waals surface area contributed by atoms with E-state index in [-0.39, 0.29) is 17.0 Å². The fraction of sp³-hybridized carbons (Fsp3) is 0.375. The van der Waals surface area contributed by atoms with Crippen LogP contribution in [-0.2, 0) is 22.5 Å². The summed E-state index contributed by atoms with van der Waals surface area (Å²) in [6.07, 6.45) is -0.0948. The molecule has 42 heavy (non-hydrogen) atoms. The highest BCUT2D eigenvalue weighted by Crippen LogP contribution is 2.41. The maximum absolute atomic E-state index is 15.5. The number of carbonyl (C=O) groups is 2. The second-order valence-electron chi connectivity index (χ2n) is 11.7. The second-order valence-corrected chi connectivity index (χ2v) is 11.7. The van der Waals surface area contributed by atoms with Gasteiger partial charge in [-0.1, -0.05) is 29.8 Å². The molecule has 0 aliphatic carbocycles. The van der Waals surface area contributed by atoms with E-state index < -0.39 is 29.4 Å². The highest BCUT2D eigenvalue weighted by Gasteiger charge is 2.35. The fourth-order valence-electron chi connectivity index (χ4n) is 5.29. The zero-order valence-electron chi connectivity index (χ0n) is 24.7. The Balaban J connectivity index is 1.70. The standard InChI is InChI=1S/C32H35FN4O5/c1-17-9-11-20(12-10-17)16-34-30(38)24-15-25-35-19(3)26(29(31(39)40)42-32(4,5)6)27(37(25)36-24)22-14-23(33)28-21(18(22)2)8-7-13-41-28/h9-12,14-15,29H,7-8,13,16H2,1-6H3,(H,34,38)(H,39,40)/t29-/m0/s1. The quantitative estimate of drug-likeness (QED) is 0.293. The molecule has 0 saturated carbocycles. The molecule has 2 N–H and O–H groups in total. The Labute approximate surface area is 243 Å². The largest absolute Gasteiger partial charge is 0.490 e. The van der Waals surface area contributed by atoms with Crippen molar-refractivity contribution < 1.29 is 28.6 Å². The summed E-state index contributed by atoms with van der Waals surface area (Å²) in [5.74, 6) is -1.99. The maximum atomic E-state index is 15.5. The highest BCUT2D eigenvalue weighted by atomic mass is 19.1. The summed E-state index contributed by atoms with van der Waals surface area (Å²) in [5.41, 5.74) is 4.43. The van der Waals surface area contributed by atoms with E-state index in [2.05, 4.69) is 15.4 Å². The maximum Gasteiger partial charge on any atom is 0.337 e. The molecule has 4 aromatic rings. The predicted octanol–water partition coefficient (Wildman–Crippen LogP) is 5.66. The summed E-state index contributed by atoms with van der Waals surface area (Å²) in [7, 11) is 0. The Morgan fingerprint density at radius 2 is 1.88 bits per heavy atom. The van der Waals surface area contributed by atoms with Crippen molar-refractivity contribution in [1.82, 2.24) is 19.9 Å². The van der Waals surface area contributed by atoms with Crippen molar-refractivity contribution in [2.45, 2.75) is 72.6 Å². The van der Waals surface area contributed by atoms with Crippen molar-refractivity contribution in [1.29, 1.82) is 0 Å². The van der Waals surface area contributed by atoms with Gasteiger partial charge in [-0.3, -0.25) is 4.79 Å². The number of fused-ring (bicyclic) bond motifs is 2. The third-order valence-corrected chi connectivity index (χ3v) is 7.29. The lowest BCUT2D eigenvalue weighted by Gasteiger charge is -2.28. The molecular formula is C32H35FN4O5. The van der Waals surface area contributed by atoms with Crippen molar-refractivity contribution in [2.24, 2.45) is 0 Å². The summed E-state index contributed by atoms with van der Waals surface area (Å²) in [6, 6.07) is 10.7. The first-order valence-corrected chi connectivity index (χ1v) is 13.9. The first kappa shape index (κ1) is 29.2. The number of amides is 1. The first-order chi connectivity index (χ1) is 19.8. The normalized spacial score (nSPS) is 13.9. The molecule has 1 atom stereocenters.